The zero-order chi connectivity index (χ0) is 14.2. The molecule has 1 heterocycles. The molecule has 0 aliphatic rings. The van der Waals surface area contributed by atoms with Crippen LogP contribution in [0.25, 0.3) is 0 Å². The average Bonchev–Trinajstić information content (AvgIpc) is 2.14. The van der Waals surface area contributed by atoms with Crippen LogP contribution in [-0.2, 0) is 0 Å². The molecule has 0 atom stereocenters. The van der Waals surface area contributed by atoms with Crippen LogP contribution in [0.3, 0.4) is 0 Å². The Morgan fingerprint density at radius 2 is 1.00 bits per heavy atom. The zero-order valence-corrected chi connectivity index (χ0v) is 12.6. The van der Waals surface area contributed by atoms with Crippen molar-refractivity contribution in [3.63, 3.8) is 0 Å². The highest BCUT2D eigenvalue weighted by Gasteiger charge is 2.18. The zero-order valence-electron chi connectivity index (χ0n) is 11.8. The summed E-state index contributed by atoms with van der Waals surface area (Å²) in [7, 11) is 0. The van der Waals surface area contributed by atoms with Crippen molar-refractivity contribution in [1.82, 2.24) is 13.7 Å². The van der Waals surface area contributed by atoms with Crippen molar-refractivity contribution in [1.29, 1.82) is 0 Å². The van der Waals surface area contributed by atoms with Crippen molar-refractivity contribution in [2.45, 2.75) is 59.7 Å². The average molecular weight is 271 g/mol. The molecule has 5 nitrogen and oxygen atoms in total. The van der Waals surface area contributed by atoms with Gasteiger partial charge in [-0.15, -0.1) is 0 Å². The maximum absolute atomic E-state index is 12.3. The maximum atomic E-state index is 12.3. The van der Waals surface area contributed by atoms with Crippen LogP contribution in [0.1, 0.15) is 59.7 Å². The van der Waals surface area contributed by atoms with Crippen LogP contribution in [0.15, 0.2) is 9.59 Å². The van der Waals surface area contributed by atoms with Gasteiger partial charge < -0.3 is 0 Å². The Bertz CT molecular complexity index is 489. The lowest BCUT2D eigenvalue weighted by Gasteiger charge is -2.21. The van der Waals surface area contributed by atoms with E-state index in [9.17, 15) is 9.59 Å². The van der Waals surface area contributed by atoms with E-state index in [1.165, 1.54) is 13.7 Å². The van der Waals surface area contributed by atoms with Crippen molar-refractivity contribution >= 4 is 12.2 Å². The van der Waals surface area contributed by atoms with Crippen molar-refractivity contribution in [2.24, 2.45) is 0 Å². The molecule has 0 radical (unpaired) electrons. The molecule has 1 aromatic heterocycles. The van der Waals surface area contributed by atoms with Crippen LogP contribution in [0.2, 0.25) is 0 Å². The molecular formula is C12H21N3O2S. The van der Waals surface area contributed by atoms with Crippen LogP contribution >= 0.6 is 12.2 Å². The van der Waals surface area contributed by atoms with Crippen LogP contribution in [0, 0.1) is 4.77 Å². The first kappa shape index (κ1) is 14.9. The van der Waals surface area contributed by atoms with Crippen LogP contribution in [0.4, 0.5) is 0 Å². The largest absolute Gasteiger partial charge is 0.334 e. The van der Waals surface area contributed by atoms with Gasteiger partial charge in [-0.05, 0) is 53.8 Å². The second kappa shape index (κ2) is 5.22. The summed E-state index contributed by atoms with van der Waals surface area (Å²) >= 11 is 5.28. The highest BCUT2D eigenvalue weighted by Crippen LogP contribution is 2.07. The molecule has 0 fully saturated rings. The van der Waals surface area contributed by atoms with Gasteiger partial charge in [-0.1, -0.05) is 0 Å². The van der Waals surface area contributed by atoms with E-state index in [1.54, 1.807) is 0 Å². The topological polar surface area (TPSA) is 48.9 Å². The third-order valence-electron chi connectivity index (χ3n) is 2.79. The fourth-order valence-corrected chi connectivity index (χ4v) is 2.50. The lowest BCUT2D eigenvalue weighted by Crippen LogP contribution is -2.47. The van der Waals surface area contributed by atoms with E-state index in [0.29, 0.717) is 4.77 Å². The van der Waals surface area contributed by atoms with Crippen LogP contribution in [-0.4, -0.2) is 13.7 Å². The lowest BCUT2D eigenvalue weighted by atomic mass is 10.3. The highest BCUT2D eigenvalue weighted by atomic mass is 32.1. The normalized spacial score (nSPS) is 11.8. The van der Waals surface area contributed by atoms with E-state index in [0.717, 1.165) is 0 Å². The third-order valence-corrected chi connectivity index (χ3v) is 3.18. The SMILES string of the molecule is CC(C)n1c(=O)n(C(C)C)c(=S)n(C(C)C)c1=O. The van der Waals surface area contributed by atoms with E-state index in [-0.39, 0.29) is 29.5 Å². The van der Waals surface area contributed by atoms with Gasteiger partial charge in [0.05, 0.1) is 0 Å². The molecule has 0 unspecified atom stereocenters. The molecule has 0 N–H and O–H groups in total. The molecule has 0 aliphatic heterocycles. The second-order valence-corrected chi connectivity index (χ2v) is 5.60. The molecule has 0 amide bonds. The highest BCUT2D eigenvalue weighted by molar-refractivity contribution is 7.71. The summed E-state index contributed by atoms with van der Waals surface area (Å²) in [5.41, 5.74) is -0.654. The molecule has 0 spiro atoms. The predicted molar refractivity (Wildman–Crippen MR) is 74.9 cm³/mol. The van der Waals surface area contributed by atoms with Gasteiger partial charge in [0, 0.05) is 18.1 Å². The minimum absolute atomic E-state index is 0.0689. The number of nitrogens with zero attached hydrogens (tertiary/aromatic N) is 3. The van der Waals surface area contributed by atoms with Gasteiger partial charge >= 0.3 is 11.4 Å². The monoisotopic (exact) mass is 271 g/mol. The Morgan fingerprint density at radius 3 is 1.22 bits per heavy atom. The smallest absolute Gasteiger partial charge is 0.267 e. The van der Waals surface area contributed by atoms with Gasteiger partial charge in [0.15, 0.2) is 4.77 Å². The third kappa shape index (κ3) is 2.34. The Hall–Kier alpha value is -1.17. The van der Waals surface area contributed by atoms with E-state index in [4.69, 9.17) is 12.2 Å². The Morgan fingerprint density at radius 1 is 0.722 bits per heavy atom. The van der Waals surface area contributed by atoms with Crippen LogP contribution < -0.4 is 11.4 Å². The van der Waals surface area contributed by atoms with Crippen molar-refractivity contribution in [3.05, 3.63) is 25.7 Å². The van der Waals surface area contributed by atoms with Crippen molar-refractivity contribution in [3.8, 4) is 0 Å². The van der Waals surface area contributed by atoms with Crippen molar-refractivity contribution < 1.29 is 0 Å². The van der Waals surface area contributed by atoms with Gasteiger partial charge in [-0.3, -0.25) is 9.13 Å². The molecule has 0 saturated carbocycles. The van der Waals surface area contributed by atoms with E-state index in [1.807, 2.05) is 41.5 Å². The summed E-state index contributed by atoms with van der Waals surface area (Å²) in [6, 6.07) is -0.322. The fraction of sp³-hybridized carbons (Fsp3) is 0.750. The van der Waals surface area contributed by atoms with Gasteiger partial charge in [-0.25, -0.2) is 14.2 Å². The molecule has 1 aromatic rings. The Kier molecular flexibility index (Phi) is 4.32. The number of rotatable bonds is 3. The van der Waals surface area contributed by atoms with Crippen LogP contribution in [0.5, 0.6) is 0 Å². The molecule has 102 valence electrons. The van der Waals surface area contributed by atoms with Gasteiger partial charge in [0.1, 0.15) is 0 Å². The number of hydrogen-bond acceptors (Lipinski definition) is 3. The van der Waals surface area contributed by atoms with Gasteiger partial charge in [0.2, 0.25) is 0 Å². The molecular weight excluding hydrogens is 250 g/mol. The van der Waals surface area contributed by atoms with Gasteiger partial charge in [0.25, 0.3) is 0 Å². The summed E-state index contributed by atoms with van der Waals surface area (Å²) in [4.78, 5) is 24.6. The molecule has 1 rings (SSSR count). The molecule has 0 bridgehead atoms. The first-order chi connectivity index (χ1) is 8.20. The molecule has 0 aliphatic carbocycles. The van der Waals surface area contributed by atoms with E-state index >= 15 is 0 Å². The Labute approximate surface area is 112 Å². The molecule has 0 aromatic carbocycles. The minimum Gasteiger partial charge on any atom is -0.267 e. The number of aromatic nitrogens is 3. The Balaban J connectivity index is 3.96. The molecule has 6 heteroatoms. The molecule has 0 saturated heterocycles. The molecule has 18 heavy (non-hydrogen) atoms. The lowest BCUT2D eigenvalue weighted by molar-refractivity contribution is 0.390. The van der Waals surface area contributed by atoms with E-state index < -0.39 is 0 Å². The summed E-state index contributed by atoms with van der Waals surface area (Å²) in [6.45, 7) is 11.2. The standard InChI is InChI=1S/C12H21N3O2S/c1-7(2)13-10(16)14(8(3)4)12(18)15(9(5)6)11(13)17/h7-9H,1-6H3. The summed E-state index contributed by atoms with van der Waals surface area (Å²) in [6.07, 6.45) is 0. The van der Waals surface area contributed by atoms with E-state index in [2.05, 4.69) is 0 Å². The first-order valence-corrected chi connectivity index (χ1v) is 6.60. The van der Waals surface area contributed by atoms with Gasteiger partial charge in [-0.2, -0.15) is 0 Å². The fourth-order valence-electron chi connectivity index (χ4n) is 1.92. The second-order valence-electron chi connectivity index (χ2n) is 5.24. The van der Waals surface area contributed by atoms with Crippen molar-refractivity contribution in [2.75, 3.05) is 0 Å². The maximum Gasteiger partial charge on any atom is 0.334 e. The predicted octanol–water partition coefficient (Wildman–Crippen LogP) is 2.28. The summed E-state index contributed by atoms with van der Waals surface area (Å²) in [5.74, 6) is 0. The summed E-state index contributed by atoms with van der Waals surface area (Å²) in [5, 5.41) is 0. The number of hydrogen-bond donors (Lipinski definition) is 0. The first-order valence-electron chi connectivity index (χ1n) is 6.19. The minimum atomic E-state index is -0.327. The quantitative estimate of drug-likeness (QED) is 0.792. The summed E-state index contributed by atoms with van der Waals surface area (Å²) < 4.78 is 4.55.